The van der Waals surface area contributed by atoms with Gasteiger partial charge in [-0.05, 0) is 115 Å². The van der Waals surface area contributed by atoms with E-state index in [9.17, 15) is 0 Å². The first-order valence-corrected chi connectivity index (χ1v) is 19.9. The van der Waals surface area contributed by atoms with Crippen molar-refractivity contribution in [1.82, 2.24) is 4.57 Å². The summed E-state index contributed by atoms with van der Waals surface area (Å²) in [4.78, 5) is 2.45. The van der Waals surface area contributed by atoms with Crippen LogP contribution in [0.2, 0.25) is 0 Å². The van der Waals surface area contributed by atoms with Gasteiger partial charge in [0.2, 0.25) is 0 Å². The molecule has 2 nitrogen and oxygen atoms in total. The summed E-state index contributed by atoms with van der Waals surface area (Å²) in [6, 6.07) is 71.8. The minimum atomic E-state index is -0.100. The molecule has 0 spiro atoms. The van der Waals surface area contributed by atoms with E-state index in [1.807, 2.05) is 0 Å². The summed E-state index contributed by atoms with van der Waals surface area (Å²) in [5, 5.41) is 5.25. The van der Waals surface area contributed by atoms with E-state index in [4.69, 9.17) is 0 Å². The fourth-order valence-electron chi connectivity index (χ4n) is 10.1. The highest BCUT2D eigenvalue weighted by Crippen LogP contribution is 2.55. The van der Waals surface area contributed by atoms with Gasteiger partial charge in [-0.25, -0.2) is 0 Å². The van der Waals surface area contributed by atoms with E-state index in [0.717, 1.165) is 17.1 Å². The van der Waals surface area contributed by atoms with Crippen molar-refractivity contribution in [3.63, 3.8) is 0 Å². The summed E-state index contributed by atoms with van der Waals surface area (Å²) >= 11 is 0. The molecular weight excluding hydrogens is 689 g/mol. The van der Waals surface area contributed by atoms with Crippen LogP contribution in [0.5, 0.6) is 0 Å². The topological polar surface area (TPSA) is 8.17 Å². The summed E-state index contributed by atoms with van der Waals surface area (Å²) in [5.41, 5.74) is 19.9. The largest absolute Gasteiger partial charge is 0.310 e. The SMILES string of the molecule is CC1(C)c2ccccc2-c2c(N(c3ccc(-c4ccccc4)cc3)c3ccc(-n4c5cccc6c5c5c7c(cccc7ccc54)-c4ccccc4-6)cc3)cccc21. The van der Waals surface area contributed by atoms with Crippen molar-refractivity contribution in [1.29, 1.82) is 0 Å². The fraction of sp³-hybridized carbons (Fsp3) is 0.0545. The van der Waals surface area contributed by atoms with Gasteiger partial charge in [0.25, 0.3) is 0 Å². The Kier molecular flexibility index (Phi) is 6.72. The first-order valence-electron chi connectivity index (χ1n) is 19.9. The number of anilines is 3. The first-order chi connectivity index (χ1) is 28.1. The number of aromatic nitrogens is 1. The molecule has 0 aliphatic heterocycles. The Balaban J connectivity index is 1.07. The molecule has 0 saturated carbocycles. The number of fused-ring (bicyclic) bond motifs is 6. The van der Waals surface area contributed by atoms with Crippen molar-refractivity contribution < 1.29 is 0 Å². The van der Waals surface area contributed by atoms with Crippen LogP contribution in [0.4, 0.5) is 17.1 Å². The third-order valence-electron chi connectivity index (χ3n) is 12.7. The maximum atomic E-state index is 2.47. The Labute approximate surface area is 332 Å². The molecule has 2 aliphatic carbocycles. The lowest BCUT2D eigenvalue weighted by Crippen LogP contribution is -2.16. The predicted octanol–water partition coefficient (Wildman–Crippen LogP) is 15.0. The summed E-state index contributed by atoms with van der Waals surface area (Å²) in [6.45, 7) is 4.71. The zero-order valence-electron chi connectivity index (χ0n) is 31.9. The molecule has 10 aromatic rings. The molecular formula is C55H38N2. The van der Waals surface area contributed by atoms with Crippen LogP contribution >= 0.6 is 0 Å². The molecule has 0 unspecified atom stereocenters. The van der Waals surface area contributed by atoms with Gasteiger partial charge in [-0.1, -0.05) is 153 Å². The molecule has 12 rings (SSSR count). The summed E-state index contributed by atoms with van der Waals surface area (Å²) in [7, 11) is 0. The van der Waals surface area contributed by atoms with Crippen molar-refractivity contribution in [2.75, 3.05) is 4.90 Å². The zero-order valence-corrected chi connectivity index (χ0v) is 31.9. The Morgan fingerprint density at radius 1 is 0.386 bits per heavy atom. The summed E-state index contributed by atoms with van der Waals surface area (Å²) in [5.74, 6) is 0. The lowest BCUT2D eigenvalue weighted by atomic mass is 9.82. The second-order valence-corrected chi connectivity index (χ2v) is 16.1. The number of hydrogen-bond donors (Lipinski definition) is 0. The van der Waals surface area contributed by atoms with Crippen molar-refractivity contribution in [3.05, 3.63) is 205 Å². The average molecular weight is 727 g/mol. The van der Waals surface area contributed by atoms with Crippen molar-refractivity contribution in [3.8, 4) is 50.2 Å². The van der Waals surface area contributed by atoms with Gasteiger partial charge in [0.1, 0.15) is 0 Å². The normalized spacial score (nSPS) is 13.2. The number of benzene rings is 9. The third-order valence-corrected chi connectivity index (χ3v) is 12.7. The molecule has 57 heavy (non-hydrogen) atoms. The second-order valence-electron chi connectivity index (χ2n) is 16.1. The van der Waals surface area contributed by atoms with E-state index in [-0.39, 0.29) is 5.41 Å². The summed E-state index contributed by atoms with van der Waals surface area (Å²) in [6.07, 6.45) is 0. The van der Waals surface area contributed by atoms with Crippen LogP contribution < -0.4 is 4.90 Å². The van der Waals surface area contributed by atoms with Crippen LogP contribution in [0.1, 0.15) is 25.0 Å². The third kappa shape index (κ3) is 4.53. The average Bonchev–Trinajstić information content (AvgIpc) is 3.68. The van der Waals surface area contributed by atoms with Gasteiger partial charge in [-0.2, -0.15) is 0 Å². The zero-order chi connectivity index (χ0) is 37.8. The predicted molar refractivity (Wildman–Crippen MR) is 240 cm³/mol. The van der Waals surface area contributed by atoms with Crippen LogP contribution in [-0.4, -0.2) is 4.57 Å². The van der Waals surface area contributed by atoms with E-state index in [1.165, 1.54) is 93.9 Å². The molecule has 0 bridgehead atoms. The van der Waals surface area contributed by atoms with Crippen LogP contribution in [0, 0.1) is 0 Å². The Morgan fingerprint density at radius 3 is 1.70 bits per heavy atom. The second kappa shape index (κ2) is 11.9. The molecule has 0 amide bonds. The molecule has 0 saturated heterocycles. The van der Waals surface area contributed by atoms with Crippen LogP contribution in [0.3, 0.4) is 0 Å². The minimum absolute atomic E-state index is 0.100. The molecule has 1 aromatic heterocycles. The van der Waals surface area contributed by atoms with E-state index in [0.29, 0.717) is 0 Å². The van der Waals surface area contributed by atoms with Gasteiger partial charge in [-0.3, -0.25) is 0 Å². The summed E-state index contributed by atoms with van der Waals surface area (Å²) < 4.78 is 2.47. The Hall–Kier alpha value is -7.16. The van der Waals surface area contributed by atoms with E-state index < -0.39 is 0 Å². The van der Waals surface area contributed by atoms with Gasteiger partial charge in [-0.15, -0.1) is 0 Å². The molecule has 2 heteroatoms. The number of rotatable bonds is 5. The molecule has 9 aromatic carbocycles. The van der Waals surface area contributed by atoms with E-state index in [1.54, 1.807) is 0 Å². The van der Waals surface area contributed by atoms with Crippen LogP contribution in [0.15, 0.2) is 194 Å². The van der Waals surface area contributed by atoms with E-state index >= 15 is 0 Å². The van der Waals surface area contributed by atoms with Gasteiger partial charge >= 0.3 is 0 Å². The Bertz CT molecular complexity index is 3240. The van der Waals surface area contributed by atoms with Crippen LogP contribution in [-0.2, 0) is 5.41 Å². The smallest absolute Gasteiger partial charge is 0.0547 e. The molecule has 0 atom stereocenters. The maximum absolute atomic E-state index is 2.47. The van der Waals surface area contributed by atoms with Gasteiger partial charge in [0, 0.05) is 38.8 Å². The number of hydrogen-bond acceptors (Lipinski definition) is 1. The molecule has 0 N–H and O–H groups in total. The lowest BCUT2D eigenvalue weighted by molar-refractivity contribution is 0.660. The van der Waals surface area contributed by atoms with Crippen molar-refractivity contribution in [2.45, 2.75) is 19.3 Å². The highest BCUT2D eigenvalue weighted by atomic mass is 15.1. The van der Waals surface area contributed by atoms with Crippen LogP contribution in [0.25, 0.3) is 82.8 Å². The van der Waals surface area contributed by atoms with Gasteiger partial charge in [0.15, 0.2) is 0 Å². The monoisotopic (exact) mass is 726 g/mol. The molecule has 2 aliphatic rings. The quantitative estimate of drug-likeness (QED) is 0.171. The van der Waals surface area contributed by atoms with E-state index in [2.05, 4.69) is 217 Å². The lowest BCUT2D eigenvalue weighted by Gasteiger charge is -2.29. The molecule has 268 valence electrons. The fourth-order valence-corrected chi connectivity index (χ4v) is 10.1. The van der Waals surface area contributed by atoms with Gasteiger partial charge < -0.3 is 9.47 Å². The Morgan fingerprint density at radius 2 is 0.947 bits per heavy atom. The molecule has 1 heterocycles. The standard InChI is InChI=1S/C55H38N2/c1-55(2)46-21-9-8-18-45(46)52-47(55)22-12-24-48(52)56(38-28-25-36(26-29-38)35-13-4-3-5-14-35)39-30-32-40(33-31-39)57-49-23-11-20-44-42-17-7-6-16-41(42)43-19-10-15-37-27-34-50(57)54(51(37)43)53(44)49/h3-34H,1-2H3. The van der Waals surface area contributed by atoms with Crippen molar-refractivity contribution in [2.24, 2.45) is 0 Å². The van der Waals surface area contributed by atoms with Crippen molar-refractivity contribution >= 4 is 49.6 Å². The highest BCUT2D eigenvalue weighted by Gasteiger charge is 2.37. The first kappa shape index (κ1) is 32.1. The number of nitrogens with zero attached hydrogens (tertiary/aromatic N) is 2. The molecule has 0 radical (unpaired) electrons. The van der Waals surface area contributed by atoms with Gasteiger partial charge in [0.05, 0.1) is 16.7 Å². The minimum Gasteiger partial charge on any atom is -0.310 e. The molecule has 0 fully saturated rings. The maximum Gasteiger partial charge on any atom is 0.0547 e. The highest BCUT2D eigenvalue weighted by molar-refractivity contribution is 6.30.